The number of aryl methyl sites for hydroxylation is 1. The average Bonchev–Trinajstić information content (AvgIpc) is 2.63. The number of aromatic nitrogens is 1. The van der Waals surface area contributed by atoms with E-state index in [1.807, 2.05) is 30.8 Å². The highest BCUT2D eigenvalue weighted by molar-refractivity contribution is 7.99. The fourth-order valence-electron chi connectivity index (χ4n) is 2.41. The molecule has 2 rings (SSSR count). The van der Waals surface area contributed by atoms with Crippen LogP contribution in [-0.4, -0.2) is 29.6 Å². The molecule has 1 atom stereocenters. The zero-order valence-electron chi connectivity index (χ0n) is 11.0. The molecule has 1 aliphatic rings. The van der Waals surface area contributed by atoms with Gasteiger partial charge in [-0.3, -0.25) is 0 Å². The van der Waals surface area contributed by atoms with Crippen LogP contribution in [0.3, 0.4) is 0 Å². The summed E-state index contributed by atoms with van der Waals surface area (Å²) < 4.78 is 0. The second kappa shape index (κ2) is 6.10. The molecule has 1 saturated heterocycles. The van der Waals surface area contributed by atoms with E-state index < -0.39 is 0 Å². The topological polar surface area (TPSA) is 39.9 Å². The van der Waals surface area contributed by atoms with Gasteiger partial charge in [-0.1, -0.05) is 0 Å². The largest absolute Gasteiger partial charge is 0.357 e. The third-order valence-corrected chi connectivity index (χ3v) is 4.54. The monoisotopic (exact) mass is 261 g/mol. The summed E-state index contributed by atoms with van der Waals surface area (Å²) in [5, 5.41) is 9.79. The molecule has 0 spiro atoms. The molecule has 0 aliphatic carbocycles. The van der Waals surface area contributed by atoms with E-state index in [2.05, 4.69) is 22.2 Å². The van der Waals surface area contributed by atoms with Crippen LogP contribution in [0.25, 0.3) is 0 Å². The van der Waals surface area contributed by atoms with Crippen molar-refractivity contribution in [3.63, 3.8) is 0 Å². The summed E-state index contributed by atoms with van der Waals surface area (Å²) in [7, 11) is 0. The average molecular weight is 261 g/mol. The van der Waals surface area contributed by atoms with Crippen molar-refractivity contribution in [2.75, 3.05) is 24.2 Å². The van der Waals surface area contributed by atoms with Crippen molar-refractivity contribution in [2.45, 2.75) is 31.4 Å². The smallest absolute Gasteiger partial charge is 0.130 e. The first-order chi connectivity index (χ1) is 8.72. The zero-order valence-corrected chi connectivity index (χ0v) is 11.8. The van der Waals surface area contributed by atoms with Crippen LogP contribution in [0.2, 0.25) is 0 Å². The van der Waals surface area contributed by atoms with E-state index in [4.69, 9.17) is 5.26 Å². The molecule has 4 heteroatoms. The van der Waals surface area contributed by atoms with Crippen LogP contribution in [0.4, 0.5) is 5.82 Å². The lowest BCUT2D eigenvalue weighted by Crippen LogP contribution is -2.25. The van der Waals surface area contributed by atoms with Crippen molar-refractivity contribution in [3.05, 3.63) is 23.4 Å². The summed E-state index contributed by atoms with van der Waals surface area (Å²) in [6, 6.07) is 5.96. The molecule has 0 radical (unpaired) electrons. The normalized spacial score (nSPS) is 20.3. The minimum absolute atomic E-state index is 0.711. The van der Waals surface area contributed by atoms with Gasteiger partial charge in [-0.05, 0) is 44.6 Å². The number of nitriles is 1. The van der Waals surface area contributed by atoms with Gasteiger partial charge in [-0.25, -0.2) is 4.98 Å². The minimum Gasteiger partial charge on any atom is -0.357 e. The number of hydrogen-bond donors (Lipinski definition) is 0. The number of nitrogens with zero attached hydrogens (tertiary/aromatic N) is 3. The molecule has 96 valence electrons. The Morgan fingerprint density at radius 1 is 1.39 bits per heavy atom. The van der Waals surface area contributed by atoms with Crippen LogP contribution in [0.15, 0.2) is 12.1 Å². The van der Waals surface area contributed by atoms with Crippen molar-refractivity contribution in [1.29, 1.82) is 5.26 Å². The van der Waals surface area contributed by atoms with Crippen LogP contribution in [-0.2, 0) is 0 Å². The Hall–Kier alpha value is -1.21. The standard InChI is InChI=1S/C14H19N3S/c1-11-8-12(10-15)9-14(16-11)17-6-3-4-13(18-2)5-7-17/h8-9,13H,3-7H2,1-2H3. The van der Waals surface area contributed by atoms with Gasteiger partial charge in [0.1, 0.15) is 5.82 Å². The minimum atomic E-state index is 0.711. The van der Waals surface area contributed by atoms with Gasteiger partial charge in [0, 0.05) is 24.0 Å². The Morgan fingerprint density at radius 2 is 2.22 bits per heavy atom. The summed E-state index contributed by atoms with van der Waals surface area (Å²) >= 11 is 1.97. The Labute approximate surface area is 113 Å². The lowest BCUT2D eigenvalue weighted by atomic mass is 10.2. The number of hydrogen-bond acceptors (Lipinski definition) is 4. The Morgan fingerprint density at radius 3 is 2.94 bits per heavy atom. The highest BCUT2D eigenvalue weighted by Crippen LogP contribution is 2.24. The molecule has 1 fully saturated rings. The van der Waals surface area contributed by atoms with Crippen LogP contribution in [0, 0.1) is 18.3 Å². The van der Waals surface area contributed by atoms with Gasteiger partial charge in [-0.15, -0.1) is 0 Å². The quantitative estimate of drug-likeness (QED) is 0.820. The summed E-state index contributed by atoms with van der Waals surface area (Å²) in [5.74, 6) is 0.966. The van der Waals surface area contributed by atoms with Crippen molar-refractivity contribution in [1.82, 2.24) is 4.98 Å². The maximum atomic E-state index is 9.02. The third-order valence-electron chi connectivity index (χ3n) is 3.40. The molecule has 2 heterocycles. The molecule has 1 unspecified atom stereocenters. The molecule has 0 bridgehead atoms. The van der Waals surface area contributed by atoms with E-state index in [1.165, 1.54) is 19.3 Å². The van der Waals surface area contributed by atoms with Crippen molar-refractivity contribution in [2.24, 2.45) is 0 Å². The second-order valence-corrected chi connectivity index (χ2v) is 5.88. The third kappa shape index (κ3) is 3.17. The van der Waals surface area contributed by atoms with E-state index in [0.29, 0.717) is 5.56 Å². The Bertz CT molecular complexity index is 453. The number of thioether (sulfide) groups is 1. The Balaban J connectivity index is 2.16. The lowest BCUT2D eigenvalue weighted by molar-refractivity contribution is 0.745. The number of rotatable bonds is 2. The summed E-state index contributed by atoms with van der Waals surface area (Å²) in [6.45, 7) is 4.05. The predicted octanol–water partition coefficient (Wildman–Crippen LogP) is 2.98. The van der Waals surface area contributed by atoms with Gasteiger partial charge < -0.3 is 4.90 Å². The van der Waals surface area contributed by atoms with Crippen molar-refractivity contribution >= 4 is 17.6 Å². The maximum Gasteiger partial charge on any atom is 0.130 e. The van der Waals surface area contributed by atoms with E-state index in [0.717, 1.165) is 29.9 Å². The Kier molecular flexibility index (Phi) is 4.48. The van der Waals surface area contributed by atoms with Gasteiger partial charge in [0.25, 0.3) is 0 Å². The lowest BCUT2D eigenvalue weighted by Gasteiger charge is -2.22. The van der Waals surface area contributed by atoms with Gasteiger partial charge >= 0.3 is 0 Å². The summed E-state index contributed by atoms with van der Waals surface area (Å²) in [5.41, 5.74) is 1.64. The fourth-order valence-corrected chi connectivity index (χ4v) is 3.15. The van der Waals surface area contributed by atoms with Gasteiger partial charge in [0.15, 0.2) is 0 Å². The summed E-state index contributed by atoms with van der Waals surface area (Å²) in [6.07, 6.45) is 5.90. The predicted molar refractivity (Wildman–Crippen MR) is 77.1 cm³/mol. The highest BCUT2D eigenvalue weighted by Gasteiger charge is 2.17. The maximum absolute atomic E-state index is 9.02. The van der Waals surface area contributed by atoms with E-state index in [9.17, 15) is 0 Å². The fraction of sp³-hybridized carbons (Fsp3) is 0.571. The van der Waals surface area contributed by atoms with E-state index >= 15 is 0 Å². The molecular formula is C14H19N3S. The molecule has 0 N–H and O–H groups in total. The van der Waals surface area contributed by atoms with Gasteiger partial charge in [0.05, 0.1) is 11.6 Å². The second-order valence-electron chi connectivity index (χ2n) is 4.74. The molecule has 1 aromatic rings. The molecule has 1 aliphatic heterocycles. The zero-order chi connectivity index (χ0) is 13.0. The SMILES string of the molecule is CSC1CCCN(c2cc(C#N)cc(C)n2)CC1. The van der Waals surface area contributed by atoms with E-state index in [1.54, 1.807) is 0 Å². The molecule has 1 aromatic heterocycles. The first-order valence-corrected chi connectivity index (χ1v) is 7.68. The van der Waals surface area contributed by atoms with Gasteiger partial charge in [0.2, 0.25) is 0 Å². The molecule has 0 amide bonds. The summed E-state index contributed by atoms with van der Waals surface area (Å²) in [4.78, 5) is 6.89. The highest BCUT2D eigenvalue weighted by atomic mass is 32.2. The molecule has 3 nitrogen and oxygen atoms in total. The molecule has 0 saturated carbocycles. The van der Waals surface area contributed by atoms with Crippen molar-refractivity contribution < 1.29 is 0 Å². The van der Waals surface area contributed by atoms with Crippen LogP contribution in [0.1, 0.15) is 30.5 Å². The molecular weight excluding hydrogens is 242 g/mol. The molecule has 18 heavy (non-hydrogen) atoms. The van der Waals surface area contributed by atoms with Crippen LogP contribution < -0.4 is 4.90 Å². The van der Waals surface area contributed by atoms with Crippen molar-refractivity contribution in [3.8, 4) is 6.07 Å². The van der Waals surface area contributed by atoms with E-state index in [-0.39, 0.29) is 0 Å². The number of anilines is 1. The first-order valence-electron chi connectivity index (χ1n) is 6.39. The molecule has 0 aromatic carbocycles. The van der Waals surface area contributed by atoms with Crippen LogP contribution in [0.5, 0.6) is 0 Å². The number of pyridine rings is 1. The van der Waals surface area contributed by atoms with Gasteiger partial charge in [-0.2, -0.15) is 17.0 Å². The van der Waals surface area contributed by atoms with Crippen LogP contribution >= 0.6 is 11.8 Å². The first kappa shape index (κ1) is 13.2.